The van der Waals surface area contributed by atoms with Gasteiger partial charge in [0.15, 0.2) is 0 Å². The van der Waals surface area contributed by atoms with Gasteiger partial charge in [-0.2, -0.15) is 0 Å². The minimum absolute atomic E-state index is 0. The van der Waals surface area contributed by atoms with Gasteiger partial charge < -0.3 is 10.3 Å². The topological polar surface area (TPSA) is 30.9 Å². The van der Waals surface area contributed by atoms with Crippen molar-refractivity contribution in [1.29, 1.82) is 0 Å². The van der Waals surface area contributed by atoms with Gasteiger partial charge in [0.2, 0.25) is 0 Å². The highest BCUT2D eigenvalue weighted by Gasteiger charge is 1.97. The average Bonchev–Trinajstić information content (AvgIpc) is 2.14. The van der Waals surface area contributed by atoms with Crippen LogP contribution in [-0.4, -0.2) is 4.57 Å². The maximum atomic E-state index is 5.61. The highest BCUT2D eigenvalue weighted by atomic mass is 35.5. The molecule has 0 aliphatic carbocycles. The molecule has 2 nitrogen and oxygen atoms in total. The molecule has 1 aromatic heterocycles. The summed E-state index contributed by atoms with van der Waals surface area (Å²) in [6.07, 6.45) is 4.03. The summed E-state index contributed by atoms with van der Waals surface area (Å²) in [4.78, 5) is 0. The lowest BCUT2D eigenvalue weighted by Crippen LogP contribution is -2.03. The van der Waals surface area contributed by atoms with E-state index in [1.165, 1.54) is 5.56 Å². The third-order valence-electron chi connectivity index (χ3n) is 1.38. The van der Waals surface area contributed by atoms with Gasteiger partial charge in [-0.25, -0.2) is 0 Å². The highest BCUT2D eigenvalue weighted by molar-refractivity contribution is 5.85. The Balaban J connectivity index is 0.000000810. The molecule has 58 valence electrons. The van der Waals surface area contributed by atoms with Crippen LogP contribution >= 0.6 is 12.4 Å². The Hall–Kier alpha value is -0.470. The minimum atomic E-state index is 0. The largest absolute Gasteiger partial charge is 0.357 e. The van der Waals surface area contributed by atoms with Gasteiger partial charge in [-0.05, 0) is 18.6 Å². The Kier molecular flexibility index (Phi) is 3.47. The molecule has 0 spiro atoms. The molecule has 0 saturated carbocycles. The molecule has 0 aliphatic heterocycles. The summed E-state index contributed by atoms with van der Waals surface area (Å²) in [5.74, 6) is 0. The number of rotatable bonds is 1. The van der Waals surface area contributed by atoms with Gasteiger partial charge in [-0.1, -0.05) is 0 Å². The molecule has 0 bridgehead atoms. The number of nitrogens with two attached hydrogens (primary N) is 1. The second kappa shape index (κ2) is 3.64. The van der Waals surface area contributed by atoms with E-state index >= 15 is 0 Å². The minimum Gasteiger partial charge on any atom is -0.357 e. The van der Waals surface area contributed by atoms with Crippen LogP contribution in [0.2, 0.25) is 0 Å². The lowest BCUT2D eigenvalue weighted by molar-refractivity contribution is 0.809. The first-order chi connectivity index (χ1) is 4.20. The van der Waals surface area contributed by atoms with E-state index in [4.69, 9.17) is 5.73 Å². The molecule has 1 rings (SSSR count). The van der Waals surface area contributed by atoms with E-state index in [-0.39, 0.29) is 18.4 Å². The Morgan fingerprint density at radius 2 is 2.20 bits per heavy atom. The summed E-state index contributed by atoms with van der Waals surface area (Å²) in [6.45, 7) is 1.98. The van der Waals surface area contributed by atoms with E-state index in [1.807, 2.05) is 37.0 Å². The highest BCUT2D eigenvalue weighted by Crippen LogP contribution is 2.07. The first kappa shape index (κ1) is 9.53. The summed E-state index contributed by atoms with van der Waals surface area (Å²) in [7, 11) is 1.99. The second-order valence-electron chi connectivity index (χ2n) is 2.40. The molecule has 0 radical (unpaired) electrons. The van der Waals surface area contributed by atoms with Crippen LogP contribution in [-0.2, 0) is 7.05 Å². The van der Waals surface area contributed by atoms with Crippen LogP contribution in [0.4, 0.5) is 0 Å². The van der Waals surface area contributed by atoms with Crippen molar-refractivity contribution in [2.75, 3.05) is 0 Å². The molecule has 0 saturated heterocycles. The van der Waals surface area contributed by atoms with Crippen molar-refractivity contribution in [2.24, 2.45) is 12.8 Å². The van der Waals surface area contributed by atoms with Gasteiger partial charge in [0.25, 0.3) is 0 Å². The SMILES string of the molecule is C[C@H](N)c1ccn(C)c1.Cl. The quantitative estimate of drug-likeness (QED) is 0.663. The molecule has 0 aromatic carbocycles. The van der Waals surface area contributed by atoms with E-state index in [1.54, 1.807) is 0 Å². The fraction of sp³-hybridized carbons (Fsp3) is 0.429. The predicted octanol–water partition coefficient (Wildman–Crippen LogP) is 1.47. The first-order valence-electron chi connectivity index (χ1n) is 3.07. The first-order valence-corrected chi connectivity index (χ1v) is 3.07. The van der Waals surface area contributed by atoms with Gasteiger partial charge in [0.05, 0.1) is 0 Å². The average molecular weight is 161 g/mol. The molecule has 0 unspecified atom stereocenters. The van der Waals surface area contributed by atoms with Gasteiger partial charge >= 0.3 is 0 Å². The number of aromatic nitrogens is 1. The van der Waals surface area contributed by atoms with Crippen LogP contribution in [0.15, 0.2) is 18.5 Å². The second-order valence-corrected chi connectivity index (χ2v) is 2.40. The van der Waals surface area contributed by atoms with Crippen LogP contribution in [0.1, 0.15) is 18.5 Å². The molecule has 3 heteroatoms. The monoisotopic (exact) mass is 160 g/mol. The molecule has 0 aliphatic rings. The molecular weight excluding hydrogens is 148 g/mol. The van der Waals surface area contributed by atoms with Crippen molar-refractivity contribution in [3.63, 3.8) is 0 Å². The number of nitrogens with zero attached hydrogens (tertiary/aromatic N) is 1. The van der Waals surface area contributed by atoms with E-state index in [0.717, 1.165) is 0 Å². The zero-order chi connectivity index (χ0) is 6.85. The summed E-state index contributed by atoms with van der Waals surface area (Å²) in [5.41, 5.74) is 6.81. The molecular formula is C7H13ClN2. The van der Waals surface area contributed by atoms with Gasteiger partial charge in [-0.15, -0.1) is 12.4 Å². The normalized spacial score (nSPS) is 12.3. The fourth-order valence-corrected chi connectivity index (χ4v) is 0.794. The number of aryl methyl sites for hydroxylation is 1. The van der Waals surface area contributed by atoms with Crippen LogP contribution in [0, 0.1) is 0 Å². The van der Waals surface area contributed by atoms with Crippen LogP contribution in [0.25, 0.3) is 0 Å². The van der Waals surface area contributed by atoms with Gasteiger partial charge in [0, 0.05) is 25.5 Å². The lowest BCUT2D eigenvalue weighted by atomic mass is 10.2. The van der Waals surface area contributed by atoms with Gasteiger partial charge in [0.1, 0.15) is 0 Å². The van der Waals surface area contributed by atoms with E-state index in [0.29, 0.717) is 0 Å². The lowest BCUT2D eigenvalue weighted by Gasteiger charge is -1.97. The van der Waals surface area contributed by atoms with Crippen LogP contribution < -0.4 is 5.73 Å². The van der Waals surface area contributed by atoms with Crippen molar-refractivity contribution in [3.8, 4) is 0 Å². The zero-order valence-corrected chi connectivity index (χ0v) is 7.06. The van der Waals surface area contributed by atoms with E-state index in [9.17, 15) is 0 Å². The van der Waals surface area contributed by atoms with Crippen molar-refractivity contribution in [2.45, 2.75) is 13.0 Å². The van der Waals surface area contributed by atoms with E-state index in [2.05, 4.69) is 0 Å². The Morgan fingerprint density at radius 3 is 2.40 bits per heavy atom. The summed E-state index contributed by atoms with van der Waals surface area (Å²) in [5, 5.41) is 0. The third-order valence-corrected chi connectivity index (χ3v) is 1.38. The number of hydrogen-bond acceptors (Lipinski definition) is 1. The van der Waals surface area contributed by atoms with Crippen molar-refractivity contribution < 1.29 is 0 Å². The van der Waals surface area contributed by atoms with Crippen molar-refractivity contribution in [1.82, 2.24) is 4.57 Å². The van der Waals surface area contributed by atoms with Crippen LogP contribution in [0.5, 0.6) is 0 Å². The Labute approximate surface area is 67.4 Å². The Bertz CT molecular complexity index is 193. The maximum Gasteiger partial charge on any atom is 0.0281 e. The molecule has 0 fully saturated rings. The molecule has 1 atom stereocenters. The molecule has 10 heavy (non-hydrogen) atoms. The third kappa shape index (κ3) is 2.05. The summed E-state index contributed by atoms with van der Waals surface area (Å²) in [6, 6.07) is 2.19. The number of hydrogen-bond donors (Lipinski definition) is 1. The Morgan fingerprint density at radius 1 is 1.60 bits per heavy atom. The molecule has 1 aromatic rings. The summed E-state index contributed by atoms with van der Waals surface area (Å²) < 4.78 is 2.00. The molecule has 0 amide bonds. The predicted molar refractivity (Wildman–Crippen MR) is 45.3 cm³/mol. The molecule has 2 N–H and O–H groups in total. The standard InChI is InChI=1S/C7H12N2.ClH/c1-6(8)7-3-4-9(2)5-7;/h3-6H,8H2,1-2H3;1H/t6-;/m0./s1. The molecule has 1 heterocycles. The smallest absolute Gasteiger partial charge is 0.0281 e. The number of halogens is 1. The van der Waals surface area contributed by atoms with Gasteiger partial charge in [-0.3, -0.25) is 0 Å². The van der Waals surface area contributed by atoms with Crippen molar-refractivity contribution >= 4 is 12.4 Å². The maximum absolute atomic E-state index is 5.61. The zero-order valence-electron chi connectivity index (χ0n) is 6.24. The van der Waals surface area contributed by atoms with E-state index < -0.39 is 0 Å². The van der Waals surface area contributed by atoms with Crippen molar-refractivity contribution in [3.05, 3.63) is 24.0 Å². The van der Waals surface area contributed by atoms with Crippen LogP contribution in [0.3, 0.4) is 0 Å². The fourth-order valence-electron chi connectivity index (χ4n) is 0.794. The summed E-state index contributed by atoms with van der Waals surface area (Å²) >= 11 is 0.